The van der Waals surface area contributed by atoms with Gasteiger partial charge >= 0.3 is 0 Å². The molecule has 0 saturated carbocycles. The number of hydrogen-bond donors (Lipinski definition) is 2. The maximum Gasteiger partial charge on any atom is 0.275 e. The second kappa shape index (κ2) is 9.58. The number of nitrogens with zero attached hydrogens (tertiary/aromatic N) is 5. The Labute approximate surface area is 190 Å². The van der Waals surface area contributed by atoms with Crippen LogP contribution in [-0.2, 0) is 15.5 Å². The monoisotopic (exact) mass is 475 g/mol. The minimum atomic E-state index is -3.19. The van der Waals surface area contributed by atoms with Gasteiger partial charge < -0.3 is 11.1 Å². The van der Waals surface area contributed by atoms with Gasteiger partial charge in [-0.1, -0.05) is 0 Å². The molecule has 3 rings (SSSR count). The van der Waals surface area contributed by atoms with E-state index in [9.17, 15) is 17.8 Å². The van der Waals surface area contributed by atoms with Gasteiger partial charge in [0.2, 0.25) is 0 Å². The first-order valence-corrected chi connectivity index (χ1v) is 11.7. The number of carbonyl (C=O) groups is 1. The van der Waals surface area contributed by atoms with E-state index in [1.165, 1.54) is 18.3 Å². The zero-order valence-electron chi connectivity index (χ0n) is 18.1. The molecule has 2 atom stereocenters. The number of rotatable bonds is 6. The van der Waals surface area contributed by atoms with Crippen LogP contribution in [0, 0.1) is 24.1 Å². The normalized spacial score (nSPS) is 22.8. The third-order valence-electron chi connectivity index (χ3n) is 5.50. The third kappa shape index (κ3) is 4.83. The number of halogens is 2. The number of aliphatic imine (C=N–C) groups is 1. The summed E-state index contributed by atoms with van der Waals surface area (Å²) in [5.74, 6) is -1.82. The predicted molar refractivity (Wildman–Crippen MR) is 120 cm³/mol. The van der Waals surface area contributed by atoms with Crippen LogP contribution in [0.25, 0.3) is 0 Å². The molecule has 0 aromatic carbocycles. The minimum Gasteiger partial charge on any atom is -0.386 e. The summed E-state index contributed by atoms with van der Waals surface area (Å²) < 4.78 is 44.1. The lowest BCUT2D eigenvalue weighted by Crippen LogP contribution is -2.50. The first-order valence-electron chi connectivity index (χ1n) is 10.0. The van der Waals surface area contributed by atoms with Crippen LogP contribution >= 0.6 is 0 Å². The highest BCUT2D eigenvalue weighted by atomic mass is 32.2. The number of pyridine rings is 2. The van der Waals surface area contributed by atoms with Gasteiger partial charge in [-0.15, -0.1) is 0 Å². The molecule has 3 N–H and O–H groups in total. The van der Waals surface area contributed by atoms with Gasteiger partial charge in [-0.2, -0.15) is 5.26 Å². The summed E-state index contributed by atoms with van der Waals surface area (Å²) in [5.41, 5.74) is 6.63. The van der Waals surface area contributed by atoms with Crippen molar-refractivity contribution in [2.45, 2.75) is 37.2 Å². The minimum absolute atomic E-state index is 0.0212. The molecule has 1 amide bonds. The van der Waals surface area contributed by atoms with Crippen LogP contribution in [0.1, 0.15) is 47.1 Å². The van der Waals surface area contributed by atoms with Crippen molar-refractivity contribution in [2.75, 3.05) is 18.7 Å². The number of carbonyl (C=O) groups excluding carboxylic acids is 1. The van der Waals surface area contributed by atoms with Crippen LogP contribution in [0.2, 0.25) is 0 Å². The van der Waals surface area contributed by atoms with Gasteiger partial charge in [-0.05, 0) is 50.5 Å². The summed E-state index contributed by atoms with van der Waals surface area (Å²) >= 11 is 0. The fourth-order valence-corrected chi connectivity index (χ4v) is 6.09. The summed E-state index contributed by atoms with van der Waals surface area (Å²) in [6.45, 7) is 2.44. The molecule has 2 aromatic heterocycles. The molecule has 0 saturated heterocycles. The first-order chi connectivity index (χ1) is 15.6. The van der Waals surface area contributed by atoms with Gasteiger partial charge in [0.1, 0.15) is 34.0 Å². The van der Waals surface area contributed by atoms with Crippen molar-refractivity contribution in [3.63, 3.8) is 0 Å². The van der Waals surface area contributed by atoms with Crippen LogP contribution in [0.4, 0.5) is 14.6 Å². The average Bonchev–Trinajstić information content (AvgIpc) is 2.78. The quantitative estimate of drug-likeness (QED) is 0.373. The van der Waals surface area contributed by atoms with E-state index in [-0.39, 0.29) is 28.8 Å². The second-order valence-electron chi connectivity index (χ2n) is 7.72. The largest absolute Gasteiger partial charge is 0.386 e. The molecule has 3 heterocycles. The van der Waals surface area contributed by atoms with E-state index in [2.05, 4.69) is 24.6 Å². The van der Waals surface area contributed by atoms with E-state index in [0.29, 0.717) is 30.5 Å². The van der Waals surface area contributed by atoms with Gasteiger partial charge in [-0.25, -0.2) is 32.3 Å². The fourth-order valence-electron chi connectivity index (χ4n) is 3.55. The summed E-state index contributed by atoms with van der Waals surface area (Å²) in [5, 5.41) is 11.5. The number of amides is 1. The lowest BCUT2D eigenvalue weighted by atomic mass is 10.0. The standard InChI is InChI=1S/C21H23F2N7O2S/c1-13-8-14(9-24)10-26-18(13)19(31)30-17-5-4-15(23)16(29-17)11-33(32)21(2,6-3-7-28-33)20(25)27-12-22/h4-5,8,10H,3,6-7,11-12H2,1-2H3,(H2,25,27)(H,29,30,31)/t21-,33?/m1/s1. The fraction of sp³-hybridized carbons (Fsp3) is 0.381. The topological polar surface area (TPSA) is 146 Å². The molecule has 2 aromatic rings. The van der Waals surface area contributed by atoms with E-state index in [0.717, 1.165) is 6.07 Å². The Bertz CT molecular complexity index is 1280. The molecule has 1 aliphatic heterocycles. The number of nitrogens with one attached hydrogen (secondary N) is 1. The molecule has 0 aliphatic carbocycles. The van der Waals surface area contributed by atoms with Crippen molar-refractivity contribution in [2.24, 2.45) is 15.1 Å². The molecule has 12 heteroatoms. The predicted octanol–water partition coefficient (Wildman–Crippen LogP) is 2.85. The Kier molecular flexibility index (Phi) is 7.02. The average molecular weight is 476 g/mol. The van der Waals surface area contributed by atoms with E-state index < -0.39 is 33.0 Å². The van der Waals surface area contributed by atoms with Gasteiger partial charge in [0, 0.05) is 12.7 Å². The molecular weight excluding hydrogens is 452 g/mol. The lowest BCUT2D eigenvalue weighted by molar-refractivity contribution is 0.102. The van der Waals surface area contributed by atoms with Crippen LogP contribution in [0.5, 0.6) is 0 Å². The lowest BCUT2D eigenvalue weighted by Gasteiger charge is -2.35. The molecule has 0 radical (unpaired) electrons. The van der Waals surface area contributed by atoms with Crippen molar-refractivity contribution < 1.29 is 17.8 Å². The van der Waals surface area contributed by atoms with Crippen LogP contribution in [0.3, 0.4) is 0 Å². The number of aromatic nitrogens is 2. The van der Waals surface area contributed by atoms with Crippen molar-refractivity contribution in [1.29, 1.82) is 5.26 Å². The van der Waals surface area contributed by atoms with Crippen LogP contribution in [-0.4, -0.2) is 44.0 Å². The summed E-state index contributed by atoms with van der Waals surface area (Å²) in [4.78, 5) is 24.3. The number of nitriles is 1. The Balaban J connectivity index is 1.91. The third-order valence-corrected chi connectivity index (χ3v) is 8.59. The summed E-state index contributed by atoms with van der Waals surface area (Å²) in [7, 11) is -3.19. The van der Waals surface area contributed by atoms with Crippen molar-refractivity contribution in [1.82, 2.24) is 9.97 Å². The number of amidine groups is 1. The highest BCUT2D eigenvalue weighted by molar-refractivity contribution is 7.95. The zero-order chi connectivity index (χ0) is 24.2. The van der Waals surface area contributed by atoms with Crippen molar-refractivity contribution in [3.05, 3.63) is 52.7 Å². The Morgan fingerprint density at radius 3 is 2.88 bits per heavy atom. The molecule has 9 nitrogen and oxygen atoms in total. The summed E-state index contributed by atoms with van der Waals surface area (Å²) in [6, 6.07) is 5.82. The van der Waals surface area contributed by atoms with E-state index in [1.807, 2.05) is 6.07 Å². The maximum atomic E-state index is 14.6. The number of alkyl halides is 1. The molecule has 33 heavy (non-hydrogen) atoms. The number of aryl methyl sites for hydroxylation is 1. The molecule has 174 valence electrons. The summed E-state index contributed by atoms with van der Waals surface area (Å²) in [6.07, 6.45) is 2.20. The molecule has 1 unspecified atom stereocenters. The Morgan fingerprint density at radius 2 is 2.21 bits per heavy atom. The first kappa shape index (κ1) is 24.2. The molecular formula is C21H23F2N7O2S. The van der Waals surface area contributed by atoms with E-state index >= 15 is 0 Å². The Hall–Kier alpha value is -3.46. The highest BCUT2D eigenvalue weighted by Gasteiger charge is 2.43. The number of hydrogen-bond acceptors (Lipinski definition) is 7. The van der Waals surface area contributed by atoms with Gasteiger partial charge in [-0.3, -0.25) is 4.79 Å². The van der Waals surface area contributed by atoms with Crippen molar-refractivity contribution >= 4 is 27.3 Å². The van der Waals surface area contributed by atoms with Gasteiger partial charge in [0.05, 0.1) is 26.7 Å². The van der Waals surface area contributed by atoms with Gasteiger partial charge in [0.25, 0.3) is 5.91 Å². The zero-order valence-corrected chi connectivity index (χ0v) is 19.0. The van der Waals surface area contributed by atoms with Crippen LogP contribution in [0.15, 0.2) is 33.8 Å². The maximum absolute atomic E-state index is 14.6. The molecule has 0 fully saturated rings. The van der Waals surface area contributed by atoms with E-state index in [4.69, 9.17) is 11.0 Å². The SMILES string of the molecule is Cc1cc(C#N)cnc1C(=O)Nc1ccc(F)c(CS2(=O)=NCCC[C@]2(C)/C(N)=N\CF)n1. The molecule has 0 bridgehead atoms. The smallest absolute Gasteiger partial charge is 0.275 e. The Morgan fingerprint density at radius 1 is 1.45 bits per heavy atom. The van der Waals surface area contributed by atoms with Crippen LogP contribution < -0.4 is 11.1 Å². The molecule has 0 spiro atoms. The second-order valence-corrected chi connectivity index (χ2v) is 10.4. The number of anilines is 1. The van der Waals surface area contributed by atoms with Crippen molar-refractivity contribution in [3.8, 4) is 6.07 Å². The number of nitrogens with two attached hydrogens (primary N) is 1. The molecule has 1 aliphatic rings. The highest BCUT2D eigenvalue weighted by Crippen LogP contribution is 2.33. The van der Waals surface area contributed by atoms with Gasteiger partial charge in [0.15, 0.2) is 6.80 Å². The van der Waals surface area contributed by atoms with E-state index in [1.54, 1.807) is 13.8 Å².